The monoisotopic (exact) mass is 322 g/mol. The number of carbonyl (C=O) groups is 1. The summed E-state index contributed by atoms with van der Waals surface area (Å²) in [6, 6.07) is 0. The summed E-state index contributed by atoms with van der Waals surface area (Å²) in [6.45, 7) is 2.23. The SMILES string of the molecule is CCCC/C=C/CCCCCCC/C=C/C=C/CCC(=O)OO. The van der Waals surface area contributed by atoms with E-state index in [1.54, 1.807) is 0 Å². The number of rotatable bonds is 15. The van der Waals surface area contributed by atoms with Crippen LogP contribution in [0, 0.1) is 0 Å². The van der Waals surface area contributed by atoms with Gasteiger partial charge in [-0.05, 0) is 38.5 Å². The second kappa shape index (κ2) is 18.7. The minimum absolute atomic E-state index is 0.217. The Hall–Kier alpha value is -1.35. The highest BCUT2D eigenvalue weighted by Crippen LogP contribution is 2.08. The average Bonchev–Trinajstić information content (AvgIpc) is 2.57. The maximum absolute atomic E-state index is 10.6. The van der Waals surface area contributed by atoms with E-state index in [9.17, 15) is 4.79 Å². The number of unbranched alkanes of at least 4 members (excludes halogenated alkanes) is 8. The largest absolute Gasteiger partial charge is 0.342 e. The topological polar surface area (TPSA) is 46.5 Å². The Balaban J connectivity index is 3.26. The van der Waals surface area contributed by atoms with E-state index >= 15 is 0 Å². The molecule has 0 spiro atoms. The molecule has 0 bridgehead atoms. The Morgan fingerprint density at radius 3 is 1.91 bits per heavy atom. The Labute approximate surface area is 142 Å². The van der Waals surface area contributed by atoms with Crippen LogP contribution in [0.3, 0.4) is 0 Å². The van der Waals surface area contributed by atoms with Crippen LogP contribution in [-0.4, -0.2) is 11.2 Å². The fourth-order valence-corrected chi connectivity index (χ4v) is 2.21. The van der Waals surface area contributed by atoms with E-state index in [0.717, 1.165) is 6.42 Å². The van der Waals surface area contributed by atoms with Crippen molar-refractivity contribution in [2.45, 2.75) is 84.0 Å². The van der Waals surface area contributed by atoms with Crippen LogP contribution in [0.15, 0.2) is 36.5 Å². The lowest BCUT2D eigenvalue weighted by molar-refractivity contribution is -0.234. The van der Waals surface area contributed by atoms with Crippen molar-refractivity contribution in [1.29, 1.82) is 0 Å². The summed E-state index contributed by atoms with van der Waals surface area (Å²) in [5.74, 6) is -0.588. The van der Waals surface area contributed by atoms with Crippen LogP contribution < -0.4 is 0 Å². The molecule has 0 aliphatic rings. The van der Waals surface area contributed by atoms with E-state index in [2.05, 4.69) is 30.0 Å². The van der Waals surface area contributed by atoms with E-state index < -0.39 is 5.97 Å². The summed E-state index contributed by atoms with van der Waals surface area (Å²) in [7, 11) is 0. The maximum Gasteiger partial charge on any atom is 0.342 e. The van der Waals surface area contributed by atoms with Gasteiger partial charge >= 0.3 is 5.97 Å². The number of hydrogen-bond donors (Lipinski definition) is 1. The summed E-state index contributed by atoms with van der Waals surface area (Å²) in [4.78, 5) is 14.2. The third-order valence-electron chi connectivity index (χ3n) is 3.63. The highest BCUT2D eigenvalue weighted by molar-refractivity contribution is 5.68. The summed E-state index contributed by atoms with van der Waals surface area (Å²) < 4.78 is 0. The first kappa shape index (κ1) is 21.6. The van der Waals surface area contributed by atoms with E-state index in [0.29, 0.717) is 6.42 Å². The molecule has 0 atom stereocenters. The van der Waals surface area contributed by atoms with Gasteiger partial charge in [0.25, 0.3) is 0 Å². The summed E-state index contributed by atoms with van der Waals surface area (Å²) in [6.07, 6.45) is 26.2. The molecule has 0 rings (SSSR count). The number of carbonyl (C=O) groups excluding carboxylic acids is 1. The lowest BCUT2D eigenvalue weighted by atomic mass is 10.1. The minimum atomic E-state index is -0.588. The van der Waals surface area contributed by atoms with Gasteiger partial charge < -0.3 is 4.89 Å². The lowest BCUT2D eigenvalue weighted by Crippen LogP contribution is -1.98. The van der Waals surface area contributed by atoms with Gasteiger partial charge in [-0.15, -0.1) is 0 Å². The molecule has 0 unspecified atom stereocenters. The smallest absolute Gasteiger partial charge is 0.301 e. The zero-order chi connectivity index (χ0) is 17.0. The molecular weight excluding hydrogens is 288 g/mol. The Bertz CT molecular complexity index is 343. The lowest BCUT2D eigenvalue weighted by Gasteiger charge is -1.98. The van der Waals surface area contributed by atoms with Crippen molar-refractivity contribution >= 4 is 5.97 Å². The molecule has 0 heterocycles. The zero-order valence-electron chi connectivity index (χ0n) is 14.7. The maximum atomic E-state index is 10.6. The van der Waals surface area contributed by atoms with Crippen LogP contribution in [0.2, 0.25) is 0 Å². The molecule has 1 N–H and O–H groups in total. The Kier molecular flexibility index (Phi) is 17.6. The van der Waals surface area contributed by atoms with Gasteiger partial charge in [0.15, 0.2) is 0 Å². The van der Waals surface area contributed by atoms with Gasteiger partial charge in [-0.3, -0.25) is 0 Å². The van der Waals surface area contributed by atoms with Crippen LogP contribution in [0.5, 0.6) is 0 Å². The summed E-state index contributed by atoms with van der Waals surface area (Å²) >= 11 is 0. The molecule has 0 aromatic carbocycles. The number of allylic oxidation sites excluding steroid dienone is 6. The molecule has 0 aliphatic heterocycles. The van der Waals surface area contributed by atoms with Crippen molar-refractivity contribution in [3.63, 3.8) is 0 Å². The van der Waals surface area contributed by atoms with E-state index in [-0.39, 0.29) is 6.42 Å². The summed E-state index contributed by atoms with van der Waals surface area (Å²) in [5, 5.41) is 8.08. The molecule has 0 saturated heterocycles. The van der Waals surface area contributed by atoms with Gasteiger partial charge in [-0.2, -0.15) is 5.26 Å². The van der Waals surface area contributed by atoms with Crippen molar-refractivity contribution in [3.05, 3.63) is 36.5 Å². The quantitative estimate of drug-likeness (QED) is 0.125. The first-order valence-electron chi connectivity index (χ1n) is 9.12. The second-order valence-electron chi connectivity index (χ2n) is 5.82. The fourth-order valence-electron chi connectivity index (χ4n) is 2.21. The molecule has 0 amide bonds. The van der Waals surface area contributed by atoms with Gasteiger partial charge in [-0.25, -0.2) is 4.79 Å². The Morgan fingerprint density at radius 1 is 0.783 bits per heavy atom. The molecule has 132 valence electrons. The highest BCUT2D eigenvalue weighted by Gasteiger charge is 1.97. The molecule has 0 aromatic rings. The number of hydrogen-bond acceptors (Lipinski definition) is 3. The third kappa shape index (κ3) is 18.6. The van der Waals surface area contributed by atoms with Crippen LogP contribution in [0.1, 0.15) is 84.0 Å². The van der Waals surface area contributed by atoms with Crippen LogP contribution in [-0.2, 0) is 9.68 Å². The standard InChI is InChI=1S/C20H34O3/c1-2-3-4-5-6-7-8-9-10-11-12-13-14-15-16-17-18-19-20(21)23-22/h5-6,14-17,22H,2-4,7-13,18-19H2,1H3/b6-5+,15-14+,17-16+. The van der Waals surface area contributed by atoms with Gasteiger partial charge in [0.2, 0.25) is 0 Å². The fraction of sp³-hybridized carbons (Fsp3) is 0.650. The molecule has 23 heavy (non-hydrogen) atoms. The molecule has 3 heteroatoms. The highest BCUT2D eigenvalue weighted by atomic mass is 17.1. The van der Waals surface area contributed by atoms with E-state index in [1.807, 2.05) is 18.2 Å². The van der Waals surface area contributed by atoms with Crippen LogP contribution in [0.4, 0.5) is 0 Å². The van der Waals surface area contributed by atoms with E-state index in [1.165, 1.54) is 57.8 Å². The van der Waals surface area contributed by atoms with E-state index in [4.69, 9.17) is 5.26 Å². The molecule has 0 fully saturated rings. The molecule has 3 nitrogen and oxygen atoms in total. The second-order valence-corrected chi connectivity index (χ2v) is 5.82. The van der Waals surface area contributed by atoms with Gasteiger partial charge in [0.05, 0.1) is 6.42 Å². The Morgan fingerprint density at radius 2 is 1.30 bits per heavy atom. The first-order valence-corrected chi connectivity index (χ1v) is 9.12. The predicted octanol–water partition coefficient (Wildman–Crippen LogP) is 6.37. The van der Waals surface area contributed by atoms with Crippen LogP contribution >= 0.6 is 0 Å². The molecule has 0 saturated carbocycles. The van der Waals surface area contributed by atoms with Crippen molar-refractivity contribution in [2.75, 3.05) is 0 Å². The molecular formula is C20H34O3. The minimum Gasteiger partial charge on any atom is -0.301 e. The predicted molar refractivity (Wildman–Crippen MR) is 97.2 cm³/mol. The average molecular weight is 322 g/mol. The van der Waals surface area contributed by atoms with Crippen molar-refractivity contribution in [2.24, 2.45) is 0 Å². The van der Waals surface area contributed by atoms with Crippen LogP contribution in [0.25, 0.3) is 0 Å². The molecule has 0 aromatic heterocycles. The molecule has 0 aliphatic carbocycles. The zero-order valence-corrected chi connectivity index (χ0v) is 14.7. The van der Waals surface area contributed by atoms with Gasteiger partial charge in [-0.1, -0.05) is 75.5 Å². The normalized spacial score (nSPS) is 11.9. The van der Waals surface area contributed by atoms with Crippen molar-refractivity contribution in [3.8, 4) is 0 Å². The van der Waals surface area contributed by atoms with Gasteiger partial charge in [0.1, 0.15) is 0 Å². The van der Waals surface area contributed by atoms with Gasteiger partial charge in [0, 0.05) is 0 Å². The first-order chi connectivity index (χ1) is 11.3. The molecule has 0 radical (unpaired) electrons. The van der Waals surface area contributed by atoms with Crippen molar-refractivity contribution in [1.82, 2.24) is 0 Å². The summed E-state index contributed by atoms with van der Waals surface area (Å²) in [5.41, 5.74) is 0. The third-order valence-corrected chi connectivity index (χ3v) is 3.63. The van der Waals surface area contributed by atoms with Crippen molar-refractivity contribution < 1.29 is 14.9 Å².